The normalized spacial score (nSPS) is 16.7. The highest BCUT2D eigenvalue weighted by Crippen LogP contribution is 2.29. The van der Waals surface area contributed by atoms with E-state index in [0.717, 1.165) is 29.2 Å². The molecule has 0 saturated heterocycles. The summed E-state index contributed by atoms with van der Waals surface area (Å²) in [6, 6.07) is 19.9. The molecule has 0 aliphatic heterocycles. The van der Waals surface area contributed by atoms with E-state index in [1.807, 2.05) is 73.7 Å². The standard InChI is InChI=1S/C22H19N3O/c1-15-9-8-14-18(19(15)26)22-24-20(16-10-4-2-5-11-16)23-21(25-22)17-12-6-3-7-13-17/h2-8,10-15,26H,9H2,1H3/p+1. The number of benzene rings is 2. The maximum atomic E-state index is 10.6. The SMILES string of the molecule is CC1CC=CC(c2nc(-c3ccccc3)[nH+]c(-c3ccccc3)n2)=C1O. The maximum absolute atomic E-state index is 10.6. The molecule has 3 aromatic rings. The van der Waals surface area contributed by atoms with Crippen molar-refractivity contribution in [2.45, 2.75) is 13.3 Å². The van der Waals surface area contributed by atoms with Crippen LogP contribution in [0.2, 0.25) is 0 Å². The lowest BCUT2D eigenvalue weighted by Crippen LogP contribution is -2.19. The molecule has 26 heavy (non-hydrogen) atoms. The molecule has 0 bridgehead atoms. The fourth-order valence-corrected chi connectivity index (χ4v) is 3.03. The Morgan fingerprint density at radius 1 is 0.885 bits per heavy atom. The molecule has 1 unspecified atom stereocenters. The molecule has 1 heterocycles. The number of aliphatic hydroxyl groups is 1. The van der Waals surface area contributed by atoms with Crippen LogP contribution in [-0.2, 0) is 0 Å². The van der Waals surface area contributed by atoms with Gasteiger partial charge in [-0.2, -0.15) is 0 Å². The Morgan fingerprint density at radius 2 is 1.42 bits per heavy atom. The van der Waals surface area contributed by atoms with Gasteiger partial charge in [-0.25, -0.2) is 4.98 Å². The van der Waals surface area contributed by atoms with Gasteiger partial charge < -0.3 is 5.11 Å². The summed E-state index contributed by atoms with van der Waals surface area (Å²) < 4.78 is 0. The number of aromatic nitrogens is 3. The largest absolute Gasteiger partial charge is 0.511 e. The number of H-pyrrole nitrogens is 1. The van der Waals surface area contributed by atoms with Crippen molar-refractivity contribution in [2.24, 2.45) is 5.92 Å². The van der Waals surface area contributed by atoms with E-state index >= 15 is 0 Å². The minimum atomic E-state index is 0.0723. The second-order valence-corrected chi connectivity index (χ2v) is 6.44. The van der Waals surface area contributed by atoms with Crippen LogP contribution in [0, 0.1) is 5.92 Å². The summed E-state index contributed by atoms with van der Waals surface area (Å²) in [5.41, 5.74) is 2.63. The van der Waals surface area contributed by atoms with Crippen LogP contribution < -0.4 is 4.98 Å². The van der Waals surface area contributed by atoms with Crippen molar-refractivity contribution in [1.29, 1.82) is 0 Å². The van der Waals surface area contributed by atoms with Crippen molar-refractivity contribution in [3.63, 3.8) is 0 Å². The maximum Gasteiger partial charge on any atom is 0.311 e. The monoisotopic (exact) mass is 342 g/mol. The van der Waals surface area contributed by atoms with Gasteiger partial charge in [0.25, 0.3) is 11.6 Å². The molecule has 2 N–H and O–H groups in total. The fourth-order valence-electron chi connectivity index (χ4n) is 3.03. The first-order valence-electron chi connectivity index (χ1n) is 8.74. The van der Waals surface area contributed by atoms with Crippen molar-refractivity contribution in [2.75, 3.05) is 0 Å². The fraction of sp³-hybridized carbons (Fsp3) is 0.136. The predicted molar refractivity (Wildman–Crippen MR) is 102 cm³/mol. The molecule has 128 valence electrons. The van der Waals surface area contributed by atoms with Crippen LogP contribution in [0.25, 0.3) is 28.3 Å². The van der Waals surface area contributed by atoms with Gasteiger partial charge >= 0.3 is 5.82 Å². The molecular formula is C22H20N3O+. The molecule has 0 fully saturated rings. The van der Waals surface area contributed by atoms with Gasteiger partial charge in [-0.05, 0) is 36.8 Å². The van der Waals surface area contributed by atoms with Crippen molar-refractivity contribution >= 4 is 5.57 Å². The molecule has 4 rings (SSSR count). The lowest BCUT2D eigenvalue weighted by Gasteiger charge is -2.14. The molecule has 0 radical (unpaired) electrons. The predicted octanol–water partition coefficient (Wildman–Crippen LogP) is 4.49. The van der Waals surface area contributed by atoms with Crippen LogP contribution in [-0.4, -0.2) is 15.1 Å². The molecule has 1 aliphatic rings. The number of aromatic amines is 1. The lowest BCUT2D eigenvalue weighted by atomic mass is 9.95. The summed E-state index contributed by atoms with van der Waals surface area (Å²) in [4.78, 5) is 12.7. The number of hydrogen-bond acceptors (Lipinski definition) is 3. The van der Waals surface area contributed by atoms with Crippen LogP contribution in [0.3, 0.4) is 0 Å². The molecular weight excluding hydrogens is 322 g/mol. The van der Waals surface area contributed by atoms with Gasteiger partial charge in [0.2, 0.25) is 0 Å². The average molecular weight is 342 g/mol. The summed E-state index contributed by atoms with van der Waals surface area (Å²) >= 11 is 0. The number of allylic oxidation sites excluding steroid dienone is 4. The summed E-state index contributed by atoms with van der Waals surface area (Å²) in [5.74, 6) is 2.39. The van der Waals surface area contributed by atoms with Crippen molar-refractivity contribution in [3.05, 3.63) is 84.4 Å². The molecule has 2 aromatic carbocycles. The highest BCUT2D eigenvalue weighted by atomic mass is 16.3. The number of aliphatic hydroxyl groups excluding tert-OH is 1. The summed E-state index contributed by atoms with van der Waals surface area (Å²) in [7, 11) is 0. The third-order valence-electron chi connectivity index (χ3n) is 4.52. The topological polar surface area (TPSA) is 60.2 Å². The summed E-state index contributed by atoms with van der Waals surface area (Å²) in [5, 5.41) is 10.6. The van der Waals surface area contributed by atoms with E-state index < -0.39 is 0 Å². The first kappa shape index (κ1) is 16.2. The van der Waals surface area contributed by atoms with Crippen LogP contribution in [0.4, 0.5) is 0 Å². The van der Waals surface area contributed by atoms with Gasteiger partial charge in [-0.3, -0.25) is 0 Å². The third-order valence-corrected chi connectivity index (χ3v) is 4.52. The van der Waals surface area contributed by atoms with Crippen molar-refractivity contribution < 1.29 is 10.1 Å². The van der Waals surface area contributed by atoms with Gasteiger partial charge in [0, 0.05) is 5.92 Å². The zero-order valence-corrected chi connectivity index (χ0v) is 14.6. The Balaban J connectivity index is 1.92. The Morgan fingerprint density at radius 3 is 1.96 bits per heavy atom. The zero-order valence-electron chi connectivity index (χ0n) is 14.6. The molecule has 0 amide bonds. The zero-order chi connectivity index (χ0) is 17.9. The van der Waals surface area contributed by atoms with Crippen LogP contribution >= 0.6 is 0 Å². The van der Waals surface area contributed by atoms with E-state index in [0.29, 0.717) is 17.2 Å². The molecule has 4 nitrogen and oxygen atoms in total. The van der Waals surface area contributed by atoms with Gasteiger partial charge in [0.15, 0.2) is 0 Å². The van der Waals surface area contributed by atoms with E-state index in [1.54, 1.807) is 0 Å². The number of rotatable bonds is 3. The van der Waals surface area contributed by atoms with Gasteiger partial charge in [0.1, 0.15) is 5.76 Å². The quantitative estimate of drug-likeness (QED) is 0.763. The molecule has 1 atom stereocenters. The van der Waals surface area contributed by atoms with Crippen molar-refractivity contribution in [1.82, 2.24) is 9.97 Å². The minimum Gasteiger partial charge on any atom is -0.511 e. The van der Waals surface area contributed by atoms with E-state index in [1.165, 1.54) is 0 Å². The summed E-state index contributed by atoms with van der Waals surface area (Å²) in [6.07, 6.45) is 4.80. The smallest absolute Gasteiger partial charge is 0.311 e. The molecule has 0 saturated carbocycles. The number of hydrogen-bond donors (Lipinski definition) is 1. The van der Waals surface area contributed by atoms with Crippen LogP contribution in [0.15, 0.2) is 78.6 Å². The first-order chi connectivity index (χ1) is 12.7. The van der Waals surface area contributed by atoms with Crippen LogP contribution in [0.1, 0.15) is 19.2 Å². The number of nitrogens with zero attached hydrogens (tertiary/aromatic N) is 2. The van der Waals surface area contributed by atoms with Crippen molar-refractivity contribution in [3.8, 4) is 22.8 Å². The van der Waals surface area contributed by atoms with E-state index in [-0.39, 0.29) is 5.92 Å². The second-order valence-electron chi connectivity index (χ2n) is 6.44. The van der Waals surface area contributed by atoms with Gasteiger partial charge in [-0.1, -0.05) is 59.4 Å². The van der Waals surface area contributed by atoms with E-state index in [4.69, 9.17) is 9.97 Å². The Labute approximate surface area is 152 Å². The lowest BCUT2D eigenvalue weighted by molar-refractivity contribution is -0.360. The van der Waals surface area contributed by atoms with Gasteiger partial charge in [-0.15, -0.1) is 0 Å². The molecule has 4 heteroatoms. The summed E-state index contributed by atoms with van der Waals surface area (Å²) in [6.45, 7) is 2.00. The Kier molecular flexibility index (Phi) is 4.32. The van der Waals surface area contributed by atoms with Crippen LogP contribution in [0.5, 0.6) is 0 Å². The highest BCUT2D eigenvalue weighted by Gasteiger charge is 2.25. The third kappa shape index (κ3) is 3.14. The first-order valence-corrected chi connectivity index (χ1v) is 8.74. The van der Waals surface area contributed by atoms with E-state index in [2.05, 4.69) is 11.1 Å². The Hall–Kier alpha value is -3.27. The molecule has 0 spiro atoms. The van der Waals surface area contributed by atoms with Gasteiger partial charge in [0.05, 0.1) is 16.7 Å². The molecule has 1 aliphatic carbocycles. The molecule has 1 aromatic heterocycles. The number of nitrogens with one attached hydrogen (secondary N) is 1. The second kappa shape index (κ2) is 6.92. The highest BCUT2D eigenvalue weighted by molar-refractivity contribution is 5.74. The minimum absolute atomic E-state index is 0.0723. The Bertz CT molecular complexity index is 921. The average Bonchev–Trinajstić information content (AvgIpc) is 2.71. The van der Waals surface area contributed by atoms with E-state index in [9.17, 15) is 5.11 Å².